The van der Waals surface area contributed by atoms with Crippen molar-refractivity contribution in [2.45, 2.75) is 17.0 Å². The number of pyridine rings is 1. The molecule has 0 aliphatic carbocycles. The molecule has 3 aromatic rings. The van der Waals surface area contributed by atoms with Crippen LogP contribution in [0, 0.1) is 0 Å². The van der Waals surface area contributed by atoms with Gasteiger partial charge in [0, 0.05) is 16.8 Å². The summed E-state index contributed by atoms with van der Waals surface area (Å²) in [5.74, 6) is 0.851. The molecule has 3 heterocycles. The Bertz CT molecular complexity index is 805. The summed E-state index contributed by atoms with van der Waals surface area (Å²) in [6.45, 7) is 2.29. The van der Waals surface area contributed by atoms with Crippen molar-refractivity contribution in [3.05, 3.63) is 46.3 Å². The predicted octanol–water partition coefficient (Wildman–Crippen LogP) is 3.94. The number of anilines is 1. The van der Waals surface area contributed by atoms with Crippen LogP contribution >= 0.6 is 34.4 Å². The quantitative estimate of drug-likeness (QED) is 0.496. The van der Waals surface area contributed by atoms with Gasteiger partial charge in [-0.05, 0) is 30.5 Å². The number of ether oxygens (including phenoxy) is 1. The van der Waals surface area contributed by atoms with E-state index in [0.717, 1.165) is 10.1 Å². The predicted molar refractivity (Wildman–Crippen MR) is 97.1 cm³/mol. The number of carbonyl (C=O) groups is 1. The summed E-state index contributed by atoms with van der Waals surface area (Å²) in [4.78, 5) is 17.7. The fourth-order valence-electron chi connectivity index (χ4n) is 1.83. The summed E-state index contributed by atoms with van der Waals surface area (Å²) >= 11 is 4.66. The molecule has 1 amide bonds. The van der Waals surface area contributed by atoms with Crippen LogP contribution in [0.15, 0.2) is 40.2 Å². The monoisotopic (exact) mass is 378 g/mol. The highest BCUT2D eigenvalue weighted by Gasteiger charge is 2.15. The number of hydrogen-bond acceptors (Lipinski definition) is 8. The van der Waals surface area contributed by atoms with Gasteiger partial charge in [-0.15, -0.1) is 21.5 Å². The zero-order valence-corrected chi connectivity index (χ0v) is 15.2. The molecule has 0 atom stereocenters. The van der Waals surface area contributed by atoms with E-state index in [1.54, 1.807) is 41.4 Å². The molecular weight excluding hydrogens is 364 g/mol. The largest absolute Gasteiger partial charge is 0.477 e. The molecule has 9 heteroatoms. The van der Waals surface area contributed by atoms with Gasteiger partial charge in [0.25, 0.3) is 5.91 Å². The molecule has 0 bridgehead atoms. The molecule has 124 valence electrons. The van der Waals surface area contributed by atoms with Gasteiger partial charge in [0.2, 0.25) is 11.0 Å². The maximum atomic E-state index is 12.4. The van der Waals surface area contributed by atoms with Crippen molar-refractivity contribution < 1.29 is 9.53 Å². The van der Waals surface area contributed by atoms with E-state index in [2.05, 4.69) is 26.6 Å². The van der Waals surface area contributed by atoms with Gasteiger partial charge in [-0.3, -0.25) is 10.1 Å². The number of carbonyl (C=O) groups excluding carboxylic acids is 1. The number of thiophene rings is 1. The Morgan fingerprint density at radius 2 is 2.25 bits per heavy atom. The van der Waals surface area contributed by atoms with Crippen LogP contribution in [0.5, 0.6) is 5.88 Å². The molecular formula is C15H14N4O2S3. The van der Waals surface area contributed by atoms with Crippen LogP contribution < -0.4 is 10.1 Å². The van der Waals surface area contributed by atoms with Crippen molar-refractivity contribution in [2.75, 3.05) is 11.9 Å². The number of nitrogens with zero attached hydrogens (tertiary/aromatic N) is 3. The van der Waals surface area contributed by atoms with Crippen LogP contribution in [0.4, 0.5) is 5.13 Å². The van der Waals surface area contributed by atoms with E-state index in [0.29, 0.717) is 23.2 Å². The molecule has 1 N–H and O–H groups in total. The van der Waals surface area contributed by atoms with E-state index in [-0.39, 0.29) is 5.91 Å². The van der Waals surface area contributed by atoms with E-state index in [9.17, 15) is 4.79 Å². The van der Waals surface area contributed by atoms with Crippen LogP contribution in [-0.2, 0) is 5.75 Å². The average molecular weight is 379 g/mol. The van der Waals surface area contributed by atoms with Gasteiger partial charge in [-0.25, -0.2) is 4.98 Å². The summed E-state index contributed by atoms with van der Waals surface area (Å²) in [6.07, 6.45) is 1.59. The van der Waals surface area contributed by atoms with Crippen LogP contribution in [0.3, 0.4) is 0 Å². The second kappa shape index (κ2) is 8.22. The van der Waals surface area contributed by atoms with Crippen molar-refractivity contribution in [1.82, 2.24) is 15.2 Å². The van der Waals surface area contributed by atoms with Crippen molar-refractivity contribution in [2.24, 2.45) is 0 Å². The third-order valence-electron chi connectivity index (χ3n) is 2.84. The lowest BCUT2D eigenvalue weighted by Gasteiger charge is -2.07. The lowest BCUT2D eigenvalue weighted by Crippen LogP contribution is -2.14. The molecule has 3 rings (SSSR count). The molecule has 0 aliphatic heterocycles. The van der Waals surface area contributed by atoms with Crippen LogP contribution in [-0.4, -0.2) is 27.7 Å². The minimum atomic E-state index is -0.308. The molecule has 0 aliphatic rings. The Morgan fingerprint density at radius 3 is 3.04 bits per heavy atom. The van der Waals surface area contributed by atoms with Crippen molar-refractivity contribution in [1.29, 1.82) is 0 Å². The number of rotatable bonds is 7. The molecule has 0 radical (unpaired) electrons. The second-order valence-electron chi connectivity index (χ2n) is 4.48. The van der Waals surface area contributed by atoms with E-state index in [1.165, 1.54) is 16.2 Å². The maximum absolute atomic E-state index is 12.4. The number of amides is 1. The lowest BCUT2D eigenvalue weighted by atomic mass is 10.2. The van der Waals surface area contributed by atoms with Crippen molar-refractivity contribution >= 4 is 45.5 Å². The third kappa shape index (κ3) is 4.31. The van der Waals surface area contributed by atoms with Crippen LogP contribution in [0.25, 0.3) is 0 Å². The topological polar surface area (TPSA) is 77.0 Å². The summed E-state index contributed by atoms with van der Waals surface area (Å²) in [5, 5.41) is 13.4. The minimum Gasteiger partial charge on any atom is -0.477 e. The summed E-state index contributed by atoms with van der Waals surface area (Å²) in [5.41, 5.74) is 0.377. The highest BCUT2D eigenvalue weighted by atomic mass is 32.2. The van der Waals surface area contributed by atoms with Crippen molar-refractivity contribution in [3.63, 3.8) is 0 Å². The SMILES string of the molecule is CCOc1ncccc1C(=O)Nc1nnc(SCc2cccs2)s1. The Labute approximate surface area is 151 Å². The zero-order chi connectivity index (χ0) is 16.8. The van der Waals surface area contributed by atoms with E-state index < -0.39 is 0 Å². The van der Waals surface area contributed by atoms with Crippen molar-refractivity contribution in [3.8, 4) is 5.88 Å². The maximum Gasteiger partial charge on any atom is 0.262 e. The highest BCUT2D eigenvalue weighted by molar-refractivity contribution is 8.00. The first kappa shape index (κ1) is 16.9. The number of aromatic nitrogens is 3. The molecule has 3 aromatic heterocycles. The van der Waals surface area contributed by atoms with Gasteiger partial charge < -0.3 is 4.74 Å². The highest BCUT2D eigenvalue weighted by Crippen LogP contribution is 2.30. The van der Waals surface area contributed by atoms with Gasteiger partial charge in [0.15, 0.2) is 4.34 Å². The first-order valence-corrected chi connectivity index (χ1v) is 9.82. The van der Waals surface area contributed by atoms with Gasteiger partial charge in [-0.2, -0.15) is 0 Å². The standard InChI is InChI=1S/C15H14N4O2S3/c1-2-21-13-11(6-3-7-16-13)12(20)17-14-18-19-15(24-14)23-9-10-5-4-8-22-10/h3-8H,2,9H2,1H3,(H,17,18,20). The number of hydrogen-bond donors (Lipinski definition) is 1. The molecule has 0 aromatic carbocycles. The van der Waals surface area contributed by atoms with Gasteiger partial charge in [0.05, 0.1) is 6.61 Å². The fourth-order valence-corrected chi connectivity index (χ4v) is 4.35. The molecule has 0 saturated heterocycles. The molecule has 0 unspecified atom stereocenters. The molecule has 6 nitrogen and oxygen atoms in total. The zero-order valence-electron chi connectivity index (χ0n) is 12.8. The Morgan fingerprint density at radius 1 is 1.33 bits per heavy atom. The summed E-state index contributed by atoms with van der Waals surface area (Å²) < 4.78 is 6.19. The molecule has 0 spiro atoms. The van der Waals surface area contributed by atoms with Gasteiger partial charge in [-0.1, -0.05) is 29.2 Å². The van der Waals surface area contributed by atoms with Crippen LogP contribution in [0.2, 0.25) is 0 Å². The van der Waals surface area contributed by atoms with Gasteiger partial charge in [0.1, 0.15) is 5.56 Å². The average Bonchev–Trinajstić information content (AvgIpc) is 3.25. The first-order valence-electron chi connectivity index (χ1n) is 7.14. The normalized spacial score (nSPS) is 10.5. The van der Waals surface area contributed by atoms with E-state index in [4.69, 9.17) is 4.74 Å². The molecule has 0 fully saturated rings. The van der Waals surface area contributed by atoms with E-state index >= 15 is 0 Å². The molecule has 0 saturated carbocycles. The lowest BCUT2D eigenvalue weighted by molar-refractivity contribution is 0.102. The third-order valence-corrected chi connectivity index (χ3v) is 5.92. The minimum absolute atomic E-state index is 0.308. The second-order valence-corrected chi connectivity index (χ2v) is 7.72. The molecule has 24 heavy (non-hydrogen) atoms. The van der Waals surface area contributed by atoms with Crippen LogP contribution in [0.1, 0.15) is 22.2 Å². The van der Waals surface area contributed by atoms with Gasteiger partial charge >= 0.3 is 0 Å². The fraction of sp³-hybridized carbons (Fsp3) is 0.200. The number of thioether (sulfide) groups is 1. The van der Waals surface area contributed by atoms with E-state index in [1.807, 2.05) is 18.4 Å². The first-order chi connectivity index (χ1) is 11.8. The Balaban J connectivity index is 1.63. The smallest absolute Gasteiger partial charge is 0.262 e. The Hall–Kier alpha value is -1.97. The number of nitrogens with one attached hydrogen (secondary N) is 1. The Kier molecular flexibility index (Phi) is 5.78. The summed E-state index contributed by atoms with van der Waals surface area (Å²) in [7, 11) is 0. The summed E-state index contributed by atoms with van der Waals surface area (Å²) in [6, 6.07) is 7.47.